The zero-order chi connectivity index (χ0) is 11.0. The van der Waals surface area contributed by atoms with Gasteiger partial charge in [0, 0.05) is 0 Å². The van der Waals surface area contributed by atoms with E-state index in [0.717, 1.165) is 5.56 Å². The topological polar surface area (TPSA) is 44.1 Å². The van der Waals surface area contributed by atoms with E-state index in [9.17, 15) is 4.79 Å². The zero-order valence-corrected chi connectivity index (χ0v) is 9.08. The summed E-state index contributed by atoms with van der Waals surface area (Å²) in [6.45, 7) is 1.91. The van der Waals surface area contributed by atoms with E-state index in [2.05, 4.69) is 9.72 Å². The number of rotatable bonds is 0. The van der Waals surface area contributed by atoms with Crippen LogP contribution in [0.3, 0.4) is 0 Å². The predicted molar refractivity (Wildman–Crippen MR) is 57.3 cm³/mol. The summed E-state index contributed by atoms with van der Waals surface area (Å²) < 4.78 is 5.86. The van der Waals surface area contributed by atoms with E-state index >= 15 is 0 Å². The fourth-order valence-corrected chi connectivity index (χ4v) is 1.72. The molecular weight excluding hydrogens is 216 g/mol. The predicted octanol–water partition coefficient (Wildman–Crippen LogP) is 2.61. The number of ether oxygens (including phenoxy) is 1. The van der Waals surface area contributed by atoms with E-state index < -0.39 is 6.09 Å². The standard InChI is InChI=1S/C10H9ClN2O2/c1-6-4-3-5-7-8(6)12-9(11)13(7)10(14)15-2/h3-5H,1-2H3. The SMILES string of the molecule is COC(=O)n1c(Cl)nc2c(C)cccc21. The Labute approximate surface area is 91.4 Å². The second-order valence-corrected chi connectivity index (χ2v) is 3.47. The number of benzene rings is 1. The van der Waals surface area contributed by atoms with Crippen molar-refractivity contribution in [1.82, 2.24) is 9.55 Å². The molecule has 0 fully saturated rings. The average Bonchev–Trinajstić information content (AvgIpc) is 2.55. The van der Waals surface area contributed by atoms with Crippen molar-refractivity contribution in [3.63, 3.8) is 0 Å². The van der Waals surface area contributed by atoms with E-state index in [4.69, 9.17) is 11.6 Å². The molecule has 2 aromatic rings. The molecule has 0 aliphatic heterocycles. The normalized spacial score (nSPS) is 10.6. The molecule has 0 saturated carbocycles. The molecule has 0 bridgehead atoms. The molecule has 0 saturated heterocycles. The molecule has 2 rings (SSSR count). The van der Waals surface area contributed by atoms with Crippen LogP contribution in [-0.4, -0.2) is 22.8 Å². The average molecular weight is 225 g/mol. The Morgan fingerprint density at radius 3 is 2.93 bits per heavy atom. The Kier molecular flexibility index (Phi) is 2.36. The van der Waals surface area contributed by atoms with Crippen LogP contribution >= 0.6 is 11.6 Å². The zero-order valence-electron chi connectivity index (χ0n) is 8.32. The van der Waals surface area contributed by atoms with Crippen molar-refractivity contribution in [2.24, 2.45) is 0 Å². The van der Waals surface area contributed by atoms with Crippen LogP contribution < -0.4 is 0 Å². The summed E-state index contributed by atoms with van der Waals surface area (Å²) in [6.07, 6.45) is -0.534. The van der Waals surface area contributed by atoms with Gasteiger partial charge in [-0.05, 0) is 30.2 Å². The number of imidazole rings is 1. The number of carbonyl (C=O) groups is 1. The lowest BCUT2D eigenvalue weighted by molar-refractivity contribution is 0.174. The van der Waals surface area contributed by atoms with Crippen LogP contribution in [-0.2, 0) is 4.74 Å². The van der Waals surface area contributed by atoms with Gasteiger partial charge in [-0.1, -0.05) is 12.1 Å². The molecule has 4 nitrogen and oxygen atoms in total. The molecule has 0 N–H and O–H groups in total. The van der Waals surface area contributed by atoms with Crippen molar-refractivity contribution < 1.29 is 9.53 Å². The first-order valence-corrected chi connectivity index (χ1v) is 4.75. The summed E-state index contributed by atoms with van der Waals surface area (Å²) in [6, 6.07) is 5.53. The lowest BCUT2D eigenvalue weighted by Crippen LogP contribution is -2.11. The van der Waals surface area contributed by atoms with Crippen molar-refractivity contribution >= 4 is 28.7 Å². The van der Waals surface area contributed by atoms with Gasteiger partial charge in [-0.15, -0.1) is 0 Å². The van der Waals surface area contributed by atoms with Crippen LogP contribution in [0.15, 0.2) is 18.2 Å². The second-order valence-electron chi connectivity index (χ2n) is 3.13. The van der Waals surface area contributed by atoms with Gasteiger partial charge in [0.25, 0.3) is 0 Å². The Hall–Kier alpha value is -1.55. The van der Waals surface area contributed by atoms with E-state index in [-0.39, 0.29) is 5.28 Å². The van der Waals surface area contributed by atoms with E-state index in [1.807, 2.05) is 19.1 Å². The Morgan fingerprint density at radius 1 is 1.53 bits per heavy atom. The Balaban J connectivity index is 2.79. The lowest BCUT2D eigenvalue weighted by atomic mass is 10.2. The van der Waals surface area contributed by atoms with Gasteiger partial charge in [0.2, 0.25) is 5.28 Å². The molecule has 0 aliphatic rings. The maximum absolute atomic E-state index is 11.4. The van der Waals surface area contributed by atoms with E-state index in [1.54, 1.807) is 6.07 Å². The van der Waals surface area contributed by atoms with Crippen molar-refractivity contribution in [3.05, 3.63) is 29.0 Å². The fraction of sp³-hybridized carbons (Fsp3) is 0.200. The molecule has 1 aromatic heterocycles. The minimum Gasteiger partial charge on any atom is -0.452 e. The summed E-state index contributed by atoms with van der Waals surface area (Å²) in [5.74, 6) is 0. The highest BCUT2D eigenvalue weighted by Crippen LogP contribution is 2.22. The third-order valence-electron chi connectivity index (χ3n) is 2.20. The van der Waals surface area contributed by atoms with Crippen LogP contribution in [0, 0.1) is 6.92 Å². The monoisotopic (exact) mass is 224 g/mol. The molecule has 0 atom stereocenters. The quantitative estimate of drug-likeness (QED) is 0.691. The summed E-state index contributed by atoms with van der Waals surface area (Å²) >= 11 is 5.86. The van der Waals surface area contributed by atoms with Crippen molar-refractivity contribution in [2.45, 2.75) is 6.92 Å². The molecule has 0 aliphatic carbocycles. The minimum absolute atomic E-state index is 0.117. The van der Waals surface area contributed by atoms with E-state index in [1.165, 1.54) is 11.7 Å². The number of aryl methyl sites for hydroxylation is 1. The number of aromatic nitrogens is 2. The summed E-state index contributed by atoms with van der Waals surface area (Å²) in [4.78, 5) is 15.5. The second kappa shape index (κ2) is 3.55. The molecule has 0 spiro atoms. The minimum atomic E-state index is -0.534. The number of fused-ring (bicyclic) bond motifs is 1. The molecule has 5 heteroatoms. The number of para-hydroxylation sites is 1. The van der Waals surface area contributed by atoms with Crippen LogP contribution in [0.25, 0.3) is 11.0 Å². The maximum Gasteiger partial charge on any atom is 0.420 e. The van der Waals surface area contributed by atoms with Gasteiger partial charge in [-0.2, -0.15) is 0 Å². The number of methoxy groups -OCH3 is 1. The number of hydrogen-bond acceptors (Lipinski definition) is 3. The molecule has 0 radical (unpaired) electrons. The number of halogens is 1. The Morgan fingerprint density at radius 2 is 2.27 bits per heavy atom. The van der Waals surface area contributed by atoms with Crippen LogP contribution in [0.5, 0.6) is 0 Å². The highest BCUT2D eigenvalue weighted by atomic mass is 35.5. The van der Waals surface area contributed by atoms with E-state index in [0.29, 0.717) is 11.0 Å². The van der Waals surface area contributed by atoms with Crippen molar-refractivity contribution in [3.8, 4) is 0 Å². The molecule has 78 valence electrons. The molecular formula is C10H9ClN2O2. The third kappa shape index (κ3) is 1.47. The van der Waals surface area contributed by atoms with Gasteiger partial charge in [0.1, 0.15) is 0 Å². The molecule has 15 heavy (non-hydrogen) atoms. The molecule has 0 amide bonds. The fourth-order valence-electron chi connectivity index (χ4n) is 1.48. The van der Waals surface area contributed by atoms with Crippen LogP contribution in [0.2, 0.25) is 5.28 Å². The lowest BCUT2D eigenvalue weighted by Gasteiger charge is -2.01. The molecule has 1 aromatic carbocycles. The maximum atomic E-state index is 11.4. The smallest absolute Gasteiger partial charge is 0.420 e. The Bertz CT molecular complexity index is 533. The third-order valence-corrected chi connectivity index (χ3v) is 2.46. The first kappa shape index (κ1) is 9.98. The summed E-state index contributed by atoms with van der Waals surface area (Å²) in [5.41, 5.74) is 2.34. The van der Waals surface area contributed by atoms with Gasteiger partial charge in [0.15, 0.2) is 0 Å². The highest BCUT2D eigenvalue weighted by molar-refractivity contribution is 6.30. The summed E-state index contributed by atoms with van der Waals surface area (Å²) in [5, 5.41) is 0.117. The van der Waals surface area contributed by atoms with Crippen LogP contribution in [0.4, 0.5) is 4.79 Å². The highest BCUT2D eigenvalue weighted by Gasteiger charge is 2.16. The van der Waals surface area contributed by atoms with Crippen LogP contribution in [0.1, 0.15) is 5.56 Å². The largest absolute Gasteiger partial charge is 0.452 e. The molecule has 0 unspecified atom stereocenters. The first-order valence-electron chi connectivity index (χ1n) is 4.37. The molecule has 1 heterocycles. The van der Waals surface area contributed by atoms with Crippen molar-refractivity contribution in [2.75, 3.05) is 7.11 Å². The van der Waals surface area contributed by atoms with Gasteiger partial charge in [0.05, 0.1) is 18.1 Å². The first-order chi connectivity index (χ1) is 7.15. The summed E-state index contributed by atoms with van der Waals surface area (Å²) in [7, 11) is 1.31. The number of nitrogens with zero attached hydrogens (tertiary/aromatic N) is 2. The van der Waals surface area contributed by atoms with Gasteiger partial charge >= 0.3 is 6.09 Å². The number of carbonyl (C=O) groups excluding carboxylic acids is 1. The van der Waals surface area contributed by atoms with Gasteiger partial charge < -0.3 is 4.74 Å². The van der Waals surface area contributed by atoms with Gasteiger partial charge in [-0.25, -0.2) is 14.3 Å². The van der Waals surface area contributed by atoms with Crippen molar-refractivity contribution in [1.29, 1.82) is 0 Å². The van der Waals surface area contributed by atoms with Gasteiger partial charge in [-0.3, -0.25) is 0 Å². The number of hydrogen-bond donors (Lipinski definition) is 0.